The maximum Gasteiger partial charge on any atom is 0.134 e. The smallest absolute Gasteiger partial charge is 0.134 e. The van der Waals surface area contributed by atoms with Crippen LogP contribution in [0.3, 0.4) is 0 Å². The minimum Gasteiger partial charge on any atom is -0.497 e. The van der Waals surface area contributed by atoms with E-state index in [9.17, 15) is 8.78 Å². The van der Waals surface area contributed by atoms with Gasteiger partial charge in [-0.3, -0.25) is 0 Å². The molecule has 0 amide bonds. The Kier molecular flexibility index (Phi) is 2.62. The first-order valence-corrected chi connectivity index (χ1v) is 7.40. The van der Waals surface area contributed by atoms with E-state index < -0.39 is 17.7 Å². The zero-order chi connectivity index (χ0) is 14.0. The fraction of sp³-hybridized carbons (Fsp3) is 0.625. The predicted octanol–water partition coefficient (Wildman–Crippen LogP) is 3.27. The quantitative estimate of drug-likeness (QED) is 0.921. The Bertz CT molecular complexity index is 522. The van der Waals surface area contributed by atoms with Crippen molar-refractivity contribution in [3.8, 4) is 5.75 Å². The van der Waals surface area contributed by atoms with Crippen LogP contribution in [0.2, 0.25) is 0 Å². The van der Waals surface area contributed by atoms with Crippen molar-refractivity contribution < 1.29 is 13.5 Å². The van der Waals surface area contributed by atoms with Gasteiger partial charge in [-0.2, -0.15) is 0 Å². The number of methoxy groups -OCH3 is 1. The van der Waals surface area contributed by atoms with E-state index in [1.807, 2.05) is 0 Å². The van der Waals surface area contributed by atoms with E-state index in [2.05, 4.69) is 0 Å². The highest BCUT2D eigenvalue weighted by Crippen LogP contribution is 2.71. The van der Waals surface area contributed by atoms with Crippen LogP contribution in [-0.2, 0) is 0 Å². The second-order valence-corrected chi connectivity index (χ2v) is 6.60. The molecule has 0 aromatic heterocycles. The van der Waals surface area contributed by atoms with Crippen LogP contribution >= 0.6 is 0 Å². The van der Waals surface area contributed by atoms with Gasteiger partial charge in [0.1, 0.15) is 17.4 Å². The van der Waals surface area contributed by atoms with Crippen LogP contribution in [0.4, 0.5) is 8.78 Å². The van der Waals surface area contributed by atoms with Gasteiger partial charge in [-0.1, -0.05) is 0 Å². The molecule has 0 saturated heterocycles. The second kappa shape index (κ2) is 4.17. The molecule has 0 heterocycles. The molecule has 1 aromatic rings. The molecule has 2 bridgehead atoms. The summed E-state index contributed by atoms with van der Waals surface area (Å²) >= 11 is 0. The molecule has 0 spiro atoms. The van der Waals surface area contributed by atoms with Gasteiger partial charge in [0.2, 0.25) is 0 Å². The molecule has 2 N–H and O–H groups in total. The molecular weight excluding hydrogens is 260 g/mol. The summed E-state index contributed by atoms with van der Waals surface area (Å²) < 4.78 is 33.1. The Hall–Kier alpha value is -1.16. The Morgan fingerprint density at radius 3 is 2.20 bits per heavy atom. The summed E-state index contributed by atoms with van der Waals surface area (Å²) in [5, 5.41) is 0. The summed E-state index contributed by atoms with van der Waals surface area (Å²) in [6.07, 6.45) is 3.87. The van der Waals surface area contributed by atoms with Crippen molar-refractivity contribution in [2.24, 2.45) is 35.3 Å². The molecule has 2 nitrogen and oxygen atoms in total. The zero-order valence-electron chi connectivity index (χ0n) is 11.5. The molecule has 108 valence electrons. The number of ether oxygens (including phenoxy) is 1. The summed E-state index contributed by atoms with van der Waals surface area (Å²) in [6, 6.07) is 1.94. The Balaban J connectivity index is 1.63. The lowest BCUT2D eigenvalue weighted by molar-refractivity contribution is 0.387. The SMILES string of the molecule is COc1cc(F)c(C(N)C2C3C4CCC(C4)C32)c(F)c1. The third-order valence-corrected chi connectivity index (χ3v) is 5.83. The number of halogens is 2. The molecule has 0 aliphatic heterocycles. The van der Waals surface area contributed by atoms with Crippen molar-refractivity contribution in [1.82, 2.24) is 0 Å². The molecule has 3 aliphatic carbocycles. The standard InChI is InChI=1S/C16H19F2NO/c1-20-9-5-10(17)14(11(18)6-9)16(19)15-12-7-2-3-8(4-7)13(12)15/h5-8,12-13,15-16H,2-4,19H2,1H3. The summed E-state index contributed by atoms with van der Waals surface area (Å²) in [5.74, 6) is 2.06. The van der Waals surface area contributed by atoms with Gasteiger partial charge >= 0.3 is 0 Å². The van der Waals surface area contributed by atoms with E-state index >= 15 is 0 Å². The highest BCUT2D eigenvalue weighted by molar-refractivity contribution is 5.34. The van der Waals surface area contributed by atoms with Gasteiger partial charge in [0, 0.05) is 23.7 Å². The number of fused-ring (bicyclic) bond motifs is 5. The number of hydrogen-bond donors (Lipinski definition) is 1. The van der Waals surface area contributed by atoms with E-state index in [-0.39, 0.29) is 17.2 Å². The third kappa shape index (κ3) is 1.57. The van der Waals surface area contributed by atoms with E-state index in [1.165, 1.54) is 38.5 Å². The van der Waals surface area contributed by atoms with Crippen molar-refractivity contribution >= 4 is 0 Å². The van der Waals surface area contributed by atoms with Crippen LogP contribution < -0.4 is 10.5 Å². The van der Waals surface area contributed by atoms with Crippen LogP contribution in [-0.4, -0.2) is 7.11 Å². The third-order valence-electron chi connectivity index (χ3n) is 5.83. The molecule has 5 atom stereocenters. The van der Waals surface area contributed by atoms with Crippen LogP contribution in [0.25, 0.3) is 0 Å². The van der Waals surface area contributed by atoms with Crippen LogP contribution in [0, 0.1) is 41.2 Å². The van der Waals surface area contributed by atoms with Crippen LogP contribution in [0.15, 0.2) is 12.1 Å². The van der Waals surface area contributed by atoms with Gasteiger partial charge in [-0.05, 0) is 48.9 Å². The molecule has 1 aromatic carbocycles. The number of rotatable bonds is 3. The first-order chi connectivity index (χ1) is 9.61. The maximum atomic E-state index is 14.1. The molecule has 20 heavy (non-hydrogen) atoms. The lowest BCUT2D eigenvalue weighted by Gasteiger charge is -2.18. The summed E-state index contributed by atoms with van der Waals surface area (Å²) in [5.41, 5.74) is 6.26. The molecule has 3 aliphatic rings. The topological polar surface area (TPSA) is 35.2 Å². The summed E-state index contributed by atoms with van der Waals surface area (Å²) in [6.45, 7) is 0. The van der Waals surface area contributed by atoms with E-state index in [0.29, 0.717) is 11.8 Å². The van der Waals surface area contributed by atoms with Gasteiger partial charge in [0.15, 0.2) is 0 Å². The van der Waals surface area contributed by atoms with Gasteiger partial charge in [-0.25, -0.2) is 8.78 Å². The average Bonchev–Trinajstić information content (AvgIpc) is 2.86. The maximum absolute atomic E-state index is 14.1. The van der Waals surface area contributed by atoms with Gasteiger partial charge < -0.3 is 10.5 Å². The van der Waals surface area contributed by atoms with Gasteiger partial charge in [-0.15, -0.1) is 0 Å². The van der Waals surface area contributed by atoms with Crippen molar-refractivity contribution in [2.75, 3.05) is 7.11 Å². The summed E-state index contributed by atoms with van der Waals surface area (Å²) in [7, 11) is 1.40. The minimum absolute atomic E-state index is 0.0459. The van der Waals surface area contributed by atoms with E-state index in [4.69, 9.17) is 10.5 Å². The lowest BCUT2D eigenvalue weighted by atomic mass is 9.93. The number of hydrogen-bond acceptors (Lipinski definition) is 2. The molecule has 3 saturated carbocycles. The number of benzene rings is 1. The van der Waals surface area contributed by atoms with Crippen molar-refractivity contribution in [3.05, 3.63) is 29.3 Å². The molecular formula is C16H19F2NO. The average molecular weight is 279 g/mol. The molecule has 5 unspecified atom stereocenters. The Labute approximate surface area is 117 Å². The zero-order valence-corrected chi connectivity index (χ0v) is 11.5. The predicted molar refractivity (Wildman–Crippen MR) is 71.1 cm³/mol. The van der Waals surface area contributed by atoms with Crippen molar-refractivity contribution in [3.63, 3.8) is 0 Å². The van der Waals surface area contributed by atoms with Gasteiger partial charge in [0.05, 0.1) is 7.11 Å². The fourth-order valence-electron chi connectivity index (χ4n) is 5.06. The van der Waals surface area contributed by atoms with E-state index in [1.54, 1.807) is 0 Å². The monoisotopic (exact) mass is 279 g/mol. The largest absolute Gasteiger partial charge is 0.497 e. The van der Waals surface area contributed by atoms with Crippen LogP contribution in [0.1, 0.15) is 30.9 Å². The highest BCUT2D eigenvalue weighted by atomic mass is 19.1. The van der Waals surface area contributed by atoms with Crippen molar-refractivity contribution in [2.45, 2.75) is 25.3 Å². The molecule has 0 radical (unpaired) electrons. The van der Waals surface area contributed by atoms with Gasteiger partial charge in [0.25, 0.3) is 0 Å². The normalized spacial score (nSPS) is 38.7. The molecule has 4 rings (SSSR count). The highest BCUT2D eigenvalue weighted by Gasteiger charge is 2.66. The minimum atomic E-state index is -0.577. The molecule has 4 heteroatoms. The lowest BCUT2D eigenvalue weighted by Crippen LogP contribution is -2.20. The molecule has 3 fully saturated rings. The van der Waals surface area contributed by atoms with E-state index in [0.717, 1.165) is 11.8 Å². The van der Waals surface area contributed by atoms with Crippen LogP contribution in [0.5, 0.6) is 5.75 Å². The Morgan fingerprint density at radius 2 is 1.70 bits per heavy atom. The van der Waals surface area contributed by atoms with Crippen molar-refractivity contribution in [1.29, 1.82) is 0 Å². The first kappa shape index (κ1) is 12.6. The second-order valence-electron chi connectivity index (χ2n) is 6.60. The Morgan fingerprint density at radius 1 is 1.15 bits per heavy atom. The summed E-state index contributed by atoms with van der Waals surface area (Å²) in [4.78, 5) is 0. The fourth-order valence-corrected chi connectivity index (χ4v) is 5.06. The number of nitrogens with two attached hydrogens (primary N) is 1. The first-order valence-electron chi connectivity index (χ1n) is 7.40.